The maximum atomic E-state index is 8.92. The summed E-state index contributed by atoms with van der Waals surface area (Å²) in [5.41, 5.74) is 0. The van der Waals surface area contributed by atoms with Gasteiger partial charge in [0.15, 0.2) is 0 Å². The first kappa shape index (κ1) is 13.5. The first-order valence-corrected chi connectivity index (χ1v) is 6.86. The van der Waals surface area contributed by atoms with E-state index < -0.39 is 0 Å². The summed E-state index contributed by atoms with van der Waals surface area (Å²) in [6.07, 6.45) is 6.80. The summed E-state index contributed by atoms with van der Waals surface area (Å²) in [4.78, 5) is 2.54. The van der Waals surface area contributed by atoms with Crippen LogP contribution < -0.4 is 0 Å². The second-order valence-electron chi connectivity index (χ2n) is 5.14. The van der Waals surface area contributed by atoms with Crippen LogP contribution in [0.4, 0.5) is 0 Å². The molecule has 0 bridgehead atoms. The molecule has 3 unspecified atom stereocenters. The highest BCUT2D eigenvalue weighted by atomic mass is 15.2. The van der Waals surface area contributed by atoms with E-state index in [1.807, 2.05) is 6.92 Å². The van der Waals surface area contributed by atoms with Gasteiger partial charge in [-0.25, -0.2) is 0 Å². The van der Waals surface area contributed by atoms with Crippen LogP contribution in [0.25, 0.3) is 0 Å². The molecular formula is C14H26N2. The Bertz CT molecular complexity index is 231. The molecule has 92 valence electrons. The summed E-state index contributed by atoms with van der Waals surface area (Å²) in [7, 11) is 0. The standard InChI is InChI=1S/C14H26N2/c1-4-13-8-6-7-9-14(13)16(5-2)11-12(3)10-15/h12-14H,4-9,11H2,1-3H3. The first-order chi connectivity index (χ1) is 7.72. The third-order valence-corrected chi connectivity index (χ3v) is 4.00. The molecule has 2 heteroatoms. The molecule has 1 fully saturated rings. The lowest BCUT2D eigenvalue weighted by atomic mass is 9.81. The minimum atomic E-state index is 0.166. The third-order valence-electron chi connectivity index (χ3n) is 4.00. The summed E-state index contributed by atoms with van der Waals surface area (Å²) in [6.45, 7) is 8.61. The molecule has 0 saturated heterocycles. The normalized spacial score (nSPS) is 27.7. The monoisotopic (exact) mass is 222 g/mol. The number of nitriles is 1. The predicted molar refractivity (Wildman–Crippen MR) is 68.1 cm³/mol. The lowest BCUT2D eigenvalue weighted by Crippen LogP contribution is -2.44. The predicted octanol–water partition coefficient (Wildman–Crippen LogP) is 3.44. The zero-order chi connectivity index (χ0) is 12.0. The van der Waals surface area contributed by atoms with Crippen molar-refractivity contribution >= 4 is 0 Å². The highest BCUT2D eigenvalue weighted by Gasteiger charge is 2.28. The van der Waals surface area contributed by atoms with Crippen molar-refractivity contribution in [2.45, 2.75) is 58.9 Å². The molecule has 1 aliphatic carbocycles. The van der Waals surface area contributed by atoms with Crippen molar-refractivity contribution in [2.75, 3.05) is 13.1 Å². The van der Waals surface area contributed by atoms with Crippen LogP contribution in [0.15, 0.2) is 0 Å². The Morgan fingerprint density at radius 1 is 1.31 bits per heavy atom. The molecule has 0 aromatic heterocycles. The number of hydrogen-bond donors (Lipinski definition) is 0. The van der Waals surface area contributed by atoms with E-state index in [9.17, 15) is 0 Å². The first-order valence-electron chi connectivity index (χ1n) is 6.86. The highest BCUT2D eigenvalue weighted by molar-refractivity contribution is 4.87. The van der Waals surface area contributed by atoms with E-state index in [-0.39, 0.29) is 5.92 Å². The summed E-state index contributed by atoms with van der Waals surface area (Å²) in [5.74, 6) is 1.03. The van der Waals surface area contributed by atoms with Gasteiger partial charge < -0.3 is 0 Å². The van der Waals surface area contributed by atoms with Crippen LogP contribution in [-0.2, 0) is 0 Å². The van der Waals surface area contributed by atoms with E-state index in [4.69, 9.17) is 5.26 Å². The maximum absolute atomic E-state index is 8.92. The second-order valence-corrected chi connectivity index (χ2v) is 5.14. The van der Waals surface area contributed by atoms with Crippen LogP contribution >= 0.6 is 0 Å². The fourth-order valence-corrected chi connectivity index (χ4v) is 3.04. The third kappa shape index (κ3) is 3.49. The van der Waals surface area contributed by atoms with Crippen LogP contribution in [0.2, 0.25) is 0 Å². The molecule has 0 spiro atoms. The molecule has 2 nitrogen and oxygen atoms in total. The fourth-order valence-electron chi connectivity index (χ4n) is 3.04. The van der Waals surface area contributed by atoms with Crippen molar-refractivity contribution in [3.05, 3.63) is 0 Å². The molecule has 0 aromatic carbocycles. The van der Waals surface area contributed by atoms with Crippen molar-refractivity contribution in [1.29, 1.82) is 5.26 Å². The molecule has 1 rings (SSSR count). The Kier molecular flexibility index (Phi) is 5.84. The van der Waals surface area contributed by atoms with E-state index in [1.54, 1.807) is 0 Å². The molecule has 0 heterocycles. The lowest BCUT2D eigenvalue weighted by molar-refractivity contribution is 0.0988. The van der Waals surface area contributed by atoms with Gasteiger partial charge in [-0.15, -0.1) is 0 Å². The van der Waals surface area contributed by atoms with Gasteiger partial charge in [0, 0.05) is 12.6 Å². The lowest BCUT2D eigenvalue weighted by Gasteiger charge is -2.39. The van der Waals surface area contributed by atoms with Crippen LogP contribution in [0.5, 0.6) is 0 Å². The van der Waals surface area contributed by atoms with Gasteiger partial charge in [-0.3, -0.25) is 4.90 Å². The highest BCUT2D eigenvalue weighted by Crippen LogP contribution is 2.30. The van der Waals surface area contributed by atoms with Gasteiger partial charge in [0.05, 0.1) is 12.0 Å². The van der Waals surface area contributed by atoms with Crippen molar-refractivity contribution in [1.82, 2.24) is 4.90 Å². The van der Waals surface area contributed by atoms with Gasteiger partial charge in [0.1, 0.15) is 0 Å². The Morgan fingerprint density at radius 2 is 2.00 bits per heavy atom. The smallest absolute Gasteiger partial charge is 0.0666 e. The number of rotatable bonds is 5. The molecule has 0 N–H and O–H groups in total. The van der Waals surface area contributed by atoms with E-state index in [0.717, 1.165) is 25.0 Å². The Morgan fingerprint density at radius 3 is 2.56 bits per heavy atom. The SMILES string of the molecule is CCC1CCCCC1N(CC)CC(C)C#N. The quantitative estimate of drug-likeness (QED) is 0.712. The molecule has 1 saturated carbocycles. The van der Waals surface area contributed by atoms with Crippen LogP contribution in [0, 0.1) is 23.2 Å². The minimum Gasteiger partial charge on any atom is -0.299 e. The maximum Gasteiger partial charge on any atom is 0.0666 e. The summed E-state index contributed by atoms with van der Waals surface area (Å²) in [5, 5.41) is 8.92. The molecule has 16 heavy (non-hydrogen) atoms. The number of hydrogen-bond acceptors (Lipinski definition) is 2. The van der Waals surface area contributed by atoms with Crippen molar-refractivity contribution in [2.24, 2.45) is 11.8 Å². The second kappa shape index (κ2) is 6.91. The summed E-state index contributed by atoms with van der Waals surface area (Å²) >= 11 is 0. The van der Waals surface area contributed by atoms with Crippen LogP contribution in [0.1, 0.15) is 52.9 Å². The van der Waals surface area contributed by atoms with Crippen molar-refractivity contribution in [3.8, 4) is 6.07 Å². The topological polar surface area (TPSA) is 27.0 Å². The van der Waals surface area contributed by atoms with Crippen molar-refractivity contribution < 1.29 is 0 Å². The van der Waals surface area contributed by atoms with Crippen LogP contribution in [0.3, 0.4) is 0 Å². The van der Waals surface area contributed by atoms with Gasteiger partial charge in [-0.2, -0.15) is 5.26 Å². The Labute approximate surface area is 101 Å². The summed E-state index contributed by atoms with van der Waals surface area (Å²) < 4.78 is 0. The molecule has 1 aliphatic rings. The van der Waals surface area contributed by atoms with E-state index >= 15 is 0 Å². The van der Waals surface area contributed by atoms with Gasteiger partial charge in [0.25, 0.3) is 0 Å². The zero-order valence-electron chi connectivity index (χ0n) is 11.1. The molecular weight excluding hydrogens is 196 g/mol. The average Bonchev–Trinajstić information content (AvgIpc) is 2.35. The summed E-state index contributed by atoms with van der Waals surface area (Å²) in [6, 6.07) is 3.10. The number of nitrogens with zero attached hydrogens (tertiary/aromatic N) is 2. The van der Waals surface area contributed by atoms with Gasteiger partial charge in [0.2, 0.25) is 0 Å². The van der Waals surface area contributed by atoms with Crippen LogP contribution in [-0.4, -0.2) is 24.0 Å². The molecule has 0 radical (unpaired) electrons. The molecule has 3 atom stereocenters. The van der Waals surface area contributed by atoms with Gasteiger partial charge in [-0.05, 0) is 32.2 Å². The minimum absolute atomic E-state index is 0.166. The van der Waals surface area contributed by atoms with Crippen molar-refractivity contribution in [3.63, 3.8) is 0 Å². The molecule has 0 aromatic rings. The van der Waals surface area contributed by atoms with E-state index in [0.29, 0.717) is 0 Å². The van der Waals surface area contributed by atoms with E-state index in [1.165, 1.54) is 32.1 Å². The molecule has 0 amide bonds. The zero-order valence-corrected chi connectivity index (χ0v) is 11.1. The van der Waals surface area contributed by atoms with Gasteiger partial charge in [-0.1, -0.05) is 33.1 Å². The Hall–Kier alpha value is -0.550. The van der Waals surface area contributed by atoms with E-state index in [2.05, 4.69) is 24.8 Å². The Balaban J connectivity index is 2.58. The van der Waals surface area contributed by atoms with Gasteiger partial charge >= 0.3 is 0 Å². The largest absolute Gasteiger partial charge is 0.299 e. The fraction of sp³-hybridized carbons (Fsp3) is 0.929. The molecule has 0 aliphatic heterocycles. The average molecular weight is 222 g/mol.